The predicted molar refractivity (Wildman–Crippen MR) is 174 cm³/mol. The Morgan fingerprint density at radius 3 is 1.74 bits per heavy atom. The van der Waals surface area contributed by atoms with Gasteiger partial charge in [0.1, 0.15) is 6.10 Å². The molecule has 0 spiro atoms. The maximum atomic E-state index is 12.4. The van der Waals surface area contributed by atoms with E-state index >= 15 is 0 Å². The summed E-state index contributed by atoms with van der Waals surface area (Å²) in [6, 6.07) is 0. The Balaban J connectivity index is 4.08. The van der Waals surface area contributed by atoms with Crippen molar-refractivity contribution in [3.63, 3.8) is 0 Å². The molecular formula is C33H66NO7P. The lowest BCUT2D eigenvalue weighted by Crippen LogP contribution is -2.28. The molecule has 0 amide bonds. The third-order valence-electron chi connectivity index (χ3n) is 7.18. The molecule has 0 aromatic rings. The Morgan fingerprint density at radius 1 is 0.690 bits per heavy atom. The summed E-state index contributed by atoms with van der Waals surface area (Å²) in [5.74, 6) is -0.337. The van der Waals surface area contributed by atoms with Crippen LogP contribution < -0.4 is 5.73 Å². The number of carbonyl (C=O) groups excluding carboxylic acids is 1. The molecule has 2 unspecified atom stereocenters. The first kappa shape index (κ1) is 41.2. The van der Waals surface area contributed by atoms with Crippen LogP contribution in [0.5, 0.6) is 0 Å². The van der Waals surface area contributed by atoms with E-state index in [-0.39, 0.29) is 32.3 Å². The second-order valence-corrected chi connectivity index (χ2v) is 12.8. The summed E-state index contributed by atoms with van der Waals surface area (Å²) in [6.07, 6.45) is 29.4. The standard InChI is InChI=1S/C33H66NO7P/c1-3-5-7-9-11-13-14-15-16-17-18-19-21-23-25-28-38-30-32(31-40-42(36,37)39-29-27-34)41-33(35)26-24-22-20-12-10-8-6-4-2/h14-15,32H,3-13,16-31,34H2,1-2H3,(H,36,37)/b15-14-. The maximum Gasteiger partial charge on any atom is 0.472 e. The fourth-order valence-corrected chi connectivity index (χ4v) is 5.40. The second kappa shape index (κ2) is 31.7. The van der Waals surface area contributed by atoms with Crippen LogP contribution in [0.1, 0.15) is 155 Å². The van der Waals surface area contributed by atoms with Crippen LogP contribution in [0.25, 0.3) is 0 Å². The quantitative estimate of drug-likeness (QED) is 0.0323. The number of hydrogen-bond donors (Lipinski definition) is 2. The Labute approximate surface area is 258 Å². The van der Waals surface area contributed by atoms with E-state index < -0.39 is 13.9 Å². The average Bonchev–Trinajstić information content (AvgIpc) is 2.97. The number of unbranched alkanes of at least 4 members (excludes halogenated alkanes) is 18. The van der Waals surface area contributed by atoms with Gasteiger partial charge in [-0.2, -0.15) is 0 Å². The zero-order chi connectivity index (χ0) is 31.0. The number of nitrogens with two attached hydrogens (primary N) is 1. The smallest absolute Gasteiger partial charge is 0.457 e. The zero-order valence-electron chi connectivity index (χ0n) is 27.2. The van der Waals surface area contributed by atoms with E-state index in [1.807, 2.05) is 0 Å². The minimum absolute atomic E-state index is 0.0942. The van der Waals surface area contributed by atoms with Crippen molar-refractivity contribution in [1.82, 2.24) is 0 Å². The van der Waals surface area contributed by atoms with Crippen molar-refractivity contribution in [3.8, 4) is 0 Å². The predicted octanol–water partition coefficient (Wildman–Crippen LogP) is 9.19. The Bertz CT molecular complexity index is 662. The van der Waals surface area contributed by atoms with Crippen LogP contribution in [-0.2, 0) is 27.9 Å². The Morgan fingerprint density at radius 2 is 1.19 bits per heavy atom. The first-order chi connectivity index (χ1) is 20.4. The molecule has 2 atom stereocenters. The van der Waals surface area contributed by atoms with Gasteiger partial charge < -0.3 is 20.1 Å². The van der Waals surface area contributed by atoms with Crippen LogP contribution in [0.2, 0.25) is 0 Å². The van der Waals surface area contributed by atoms with Crippen LogP contribution in [0.3, 0.4) is 0 Å². The van der Waals surface area contributed by atoms with Gasteiger partial charge >= 0.3 is 13.8 Å². The molecular weight excluding hydrogens is 553 g/mol. The van der Waals surface area contributed by atoms with E-state index in [1.165, 1.54) is 103 Å². The van der Waals surface area contributed by atoms with Crippen LogP contribution in [0.15, 0.2) is 12.2 Å². The van der Waals surface area contributed by atoms with E-state index in [2.05, 4.69) is 26.0 Å². The number of carbonyl (C=O) groups is 1. The van der Waals surface area contributed by atoms with Crippen LogP contribution >= 0.6 is 7.82 Å². The van der Waals surface area contributed by atoms with Gasteiger partial charge in [0.2, 0.25) is 0 Å². The number of hydrogen-bond acceptors (Lipinski definition) is 7. The number of esters is 1. The average molecular weight is 620 g/mol. The lowest BCUT2D eigenvalue weighted by molar-refractivity contribution is -0.154. The van der Waals surface area contributed by atoms with Crippen molar-refractivity contribution in [3.05, 3.63) is 12.2 Å². The molecule has 0 aromatic carbocycles. The van der Waals surface area contributed by atoms with Crippen molar-refractivity contribution >= 4 is 13.8 Å². The fourth-order valence-electron chi connectivity index (χ4n) is 4.64. The molecule has 0 radical (unpaired) electrons. The lowest BCUT2D eigenvalue weighted by atomic mass is 10.1. The largest absolute Gasteiger partial charge is 0.472 e. The van der Waals surface area contributed by atoms with Gasteiger partial charge in [-0.15, -0.1) is 0 Å². The molecule has 0 aliphatic heterocycles. The van der Waals surface area contributed by atoms with Gasteiger partial charge in [-0.05, 0) is 38.5 Å². The number of ether oxygens (including phenoxy) is 2. The molecule has 0 saturated heterocycles. The fraction of sp³-hybridized carbons (Fsp3) is 0.909. The Kier molecular flexibility index (Phi) is 31.1. The lowest BCUT2D eigenvalue weighted by Gasteiger charge is -2.20. The summed E-state index contributed by atoms with van der Waals surface area (Å²) in [7, 11) is -4.26. The molecule has 0 rings (SSSR count). The molecule has 8 nitrogen and oxygen atoms in total. The van der Waals surface area contributed by atoms with E-state index in [4.69, 9.17) is 24.3 Å². The van der Waals surface area contributed by atoms with Gasteiger partial charge in [0, 0.05) is 19.6 Å². The van der Waals surface area contributed by atoms with Gasteiger partial charge in [0.05, 0.1) is 19.8 Å². The molecule has 0 fully saturated rings. The van der Waals surface area contributed by atoms with Gasteiger partial charge in [-0.1, -0.05) is 122 Å². The zero-order valence-corrected chi connectivity index (χ0v) is 28.1. The summed E-state index contributed by atoms with van der Waals surface area (Å²) >= 11 is 0. The van der Waals surface area contributed by atoms with Crippen molar-refractivity contribution in [2.45, 2.75) is 161 Å². The molecule has 0 aliphatic carbocycles. The third-order valence-corrected chi connectivity index (χ3v) is 8.17. The highest BCUT2D eigenvalue weighted by Gasteiger charge is 2.25. The van der Waals surface area contributed by atoms with Gasteiger partial charge in [0.15, 0.2) is 0 Å². The molecule has 9 heteroatoms. The SMILES string of the molecule is CCCCCCC/C=C\CCCCCCCCOCC(COP(=O)(O)OCCN)OC(=O)CCCCCCCCCC. The third kappa shape index (κ3) is 30.7. The summed E-state index contributed by atoms with van der Waals surface area (Å²) in [6.45, 7) is 4.87. The van der Waals surface area contributed by atoms with Crippen LogP contribution in [-0.4, -0.2) is 49.9 Å². The molecule has 42 heavy (non-hydrogen) atoms. The van der Waals surface area contributed by atoms with Crippen molar-refractivity contribution in [2.24, 2.45) is 5.73 Å². The number of rotatable bonds is 33. The van der Waals surface area contributed by atoms with Crippen molar-refractivity contribution in [1.29, 1.82) is 0 Å². The monoisotopic (exact) mass is 619 g/mol. The second-order valence-electron chi connectivity index (χ2n) is 11.4. The topological polar surface area (TPSA) is 117 Å². The Hall–Kier alpha value is -0.760. The van der Waals surface area contributed by atoms with Crippen LogP contribution in [0, 0.1) is 0 Å². The maximum absolute atomic E-state index is 12.4. The highest BCUT2D eigenvalue weighted by molar-refractivity contribution is 7.47. The van der Waals surface area contributed by atoms with E-state index in [0.717, 1.165) is 32.1 Å². The first-order valence-electron chi connectivity index (χ1n) is 17.2. The first-order valence-corrected chi connectivity index (χ1v) is 18.7. The highest BCUT2D eigenvalue weighted by Crippen LogP contribution is 2.43. The number of phosphoric acid groups is 1. The molecule has 0 heterocycles. The molecule has 0 saturated carbocycles. The molecule has 0 aliphatic rings. The van der Waals surface area contributed by atoms with Crippen molar-refractivity contribution < 1.29 is 32.8 Å². The van der Waals surface area contributed by atoms with Gasteiger partial charge in [0.25, 0.3) is 0 Å². The molecule has 3 N–H and O–H groups in total. The van der Waals surface area contributed by atoms with Crippen molar-refractivity contribution in [2.75, 3.05) is 33.0 Å². The normalized spacial score (nSPS) is 13.9. The summed E-state index contributed by atoms with van der Waals surface area (Å²) in [5.41, 5.74) is 5.33. The number of phosphoric ester groups is 1. The highest BCUT2D eigenvalue weighted by atomic mass is 31.2. The van der Waals surface area contributed by atoms with Gasteiger partial charge in [-0.3, -0.25) is 13.8 Å². The molecule has 0 bridgehead atoms. The minimum atomic E-state index is -4.26. The summed E-state index contributed by atoms with van der Waals surface area (Å²) < 4.78 is 33.1. The number of allylic oxidation sites excluding steroid dienone is 2. The van der Waals surface area contributed by atoms with E-state index in [9.17, 15) is 14.3 Å². The van der Waals surface area contributed by atoms with Gasteiger partial charge in [-0.25, -0.2) is 4.57 Å². The van der Waals surface area contributed by atoms with Crippen LogP contribution in [0.4, 0.5) is 0 Å². The molecule has 0 aromatic heterocycles. The van der Waals surface area contributed by atoms with E-state index in [0.29, 0.717) is 13.0 Å². The summed E-state index contributed by atoms with van der Waals surface area (Å²) in [4.78, 5) is 22.2. The summed E-state index contributed by atoms with van der Waals surface area (Å²) in [5, 5.41) is 0. The molecule has 250 valence electrons. The van der Waals surface area contributed by atoms with E-state index in [1.54, 1.807) is 0 Å². The minimum Gasteiger partial charge on any atom is -0.457 e.